The summed E-state index contributed by atoms with van der Waals surface area (Å²) in [4.78, 5) is 36.5. The van der Waals surface area contributed by atoms with Gasteiger partial charge >= 0.3 is 5.97 Å². The van der Waals surface area contributed by atoms with Crippen LogP contribution in [-0.2, 0) is 19.6 Å². The van der Waals surface area contributed by atoms with Crippen LogP contribution in [0.5, 0.6) is 0 Å². The van der Waals surface area contributed by atoms with E-state index in [0.717, 1.165) is 0 Å². The number of carbonyl (C=O) groups excluding carboxylic acids is 2. The lowest BCUT2D eigenvalue weighted by Gasteiger charge is -2.14. The number of carbonyl (C=O) groups is 2. The summed E-state index contributed by atoms with van der Waals surface area (Å²) in [6, 6.07) is 11.8. The second-order valence-electron chi connectivity index (χ2n) is 6.74. The summed E-state index contributed by atoms with van der Waals surface area (Å²) in [5.41, 5.74) is 1.24. The van der Waals surface area contributed by atoms with Crippen LogP contribution in [0.2, 0.25) is 0 Å². The lowest BCUT2D eigenvalue weighted by atomic mass is 10.2. The van der Waals surface area contributed by atoms with Gasteiger partial charge in [-0.3, -0.25) is 4.79 Å². The molecule has 4 aromatic rings. The molecule has 168 valence electrons. The lowest BCUT2D eigenvalue weighted by Crippen LogP contribution is -2.30. The van der Waals surface area contributed by atoms with E-state index in [1.54, 1.807) is 18.2 Å². The Morgan fingerprint density at radius 3 is 2.45 bits per heavy atom. The molecule has 1 amide bonds. The molecule has 0 aliphatic heterocycles. The molecule has 0 saturated carbocycles. The van der Waals surface area contributed by atoms with E-state index in [0.29, 0.717) is 16.8 Å². The molecule has 4 rings (SSSR count). The molecule has 0 spiro atoms. The van der Waals surface area contributed by atoms with Gasteiger partial charge in [-0.1, -0.05) is 6.07 Å². The normalized spacial score (nSPS) is 12.2. The van der Waals surface area contributed by atoms with Gasteiger partial charge in [-0.2, -0.15) is 0 Å². The summed E-state index contributed by atoms with van der Waals surface area (Å²) in [6.07, 6.45) is 2.90. The summed E-state index contributed by atoms with van der Waals surface area (Å²) in [5.74, 6) is -1.39. The maximum Gasteiger partial charge on any atom is 0.341 e. The third kappa shape index (κ3) is 4.96. The fourth-order valence-electron chi connectivity index (χ4n) is 2.82. The number of rotatable bonds is 7. The molecular weight excluding hydrogens is 450 g/mol. The minimum absolute atomic E-state index is 0.0480. The number of fused-ring (bicyclic) bond motifs is 1. The minimum Gasteiger partial charge on any atom is -0.449 e. The average molecular weight is 467 g/mol. The second-order valence-corrected chi connectivity index (χ2v) is 8.43. The zero-order chi connectivity index (χ0) is 23.4. The number of anilines is 2. The molecule has 1 atom stereocenters. The van der Waals surface area contributed by atoms with E-state index in [1.807, 2.05) is 0 Å². The molecule has 0 radical (unpaired) electrons. The number of amides is 1. The van der Waals surface area contributed by atoms with Crippen molar-refractivity contribution in [2.24, 2.45) is 0 Å². The van der Waals surface area contributed by atoms with E-state index in [2.05, 4.69) is 25.0 Å². The molecule has 2 aromatic carbocycles. The largest absolute Gasteiger partial charge is 0.449 e. The van der Waals surface area contributed by atoms with Crippen molar-refractivity contribution in [3.05, 3.63) is 72.9 Å². The van der Waals surface area contributed by atoms with E-state index in [9.17, 15) is 18.0 Å². The quantitative estimate of drug-likeness (QED) is 0.390. The average Bonchev–Trinajstić information content (AvgIpc) is 3.28. The molecule has 33 heavy (non-hydrogen) atoms. The van der Waals surface area contributed by atoms with Gasteiger partial charge in [0.1, 0.15) is 5.52 Å². The maximum absolute atomic E-state index is 12.5. The Labute approximate surface area is 187 Å². The minimum atomic E-state index is -3.91. The number of benzene rings is 2. The SMILES string of the molecule is CC(OC(=O)c1cccc2ocnc12)C(=O)Nc1ccc(S(=O)(=O)Nc2ncccn2)cc1. The van der Waals surface area contributed by atoms with E-state index >= 15 is 0 Å². The van der Waals surface area contributed by atoms with Crippen LogP contribution in [0.4, 0.5) is 11.6 Å². The van der Waals surface area contributed by atoms with Crippen molar-refractivity contribution in [3.8, 4) is 0 Å². The number of nitrogens with zero attached hydrogens (tertiary/aromatic N) is 3. The standard InChI is InChI=1S/C21H17N5O6S/c1-13(32-20(28)16-4-2-5-17-18(16)24-12-31-17)19(27)25-14-6-8-15(9-7-14)33(29,30)26-21-22-10-3-11-23-21/h2-13H,1H3,(H,25,27)(H,22,23,26). The summed E-state index contributed by atoms with van der Waals surface area (Å²) in [5, 5.41) is 2.57. The van der Waals surface area contributed by atoms with Crippen LogP contribution >= 0.6 is 0 Å². The molecule has 2 aromatic heterocycles. The number of hydrogen-bond donors (Lipinski definition) is 2. The van der Waals surface area contributed by atoms with E-state index in [1.165, 1.54) is 56.0 Å². The molecule has 0 fully saturated rings. The molecule has 2 heterocycles. The first-order valence-corrected chi connectivity index (χ1v) is 11.1. The predicted octanol–water partition coefficient (Wildman–Crippen LogP) is 2.60. The van der Waals surface area contributed by atoms with Crippen molar-refractivity contribution < 1.29 is 27.2 Å². The van der Waals surface area contributed by atoms with E-state index < -0.39 is 28.0 Å². The van der Waals surface area contributed by atoms with Crippen LogP contribution < -0.4 is 10.0 Å². The molecule has 11 nitrogen and oxygen atoms in total. The lowest BCUT2D eigenvalue weighted by molar-refractivity contribution is -0.123. The molecule has 0 bridgehead atoms. The van der Waals surface area contributed by atoms with Crippen molar-refractivity contribution in [2.45, 2.75) is 17.9 Å². The Balaban J connectivity index is 1.39. The highest BCUT2D eigenvalue weighted by molar-refractivity contribution is 7.92. The number of hydrogen-bond acceptors (Lipinski definition) is 9. The first kappa shape index (κ1) is 21.9. The number of ether oxygens (including phenoxy) is 1. The van der Waals surface area contributed by atoms with Gasteiger partial charge in [0.25, 0.3) is 15.9 Å². The first-order chi connectivity index (χ1) is 15.8. The zero-order valence-electron chi connectivity index (χ0n) is 17.1. The van der Waals surface area contributed by atoms with Crippen LogP contribution in [0.1, 0.15) is 17.3 Å². The highest BCUT2D eigenvalue weighted by atomic mass is 32.2. The fraction of sp³-hybridized carbons (Fsp3) is 0.0952. The molecule has 12 heteroatoms. The van der Waals surface area contributed by atoms with E-state index in [-0.39, 0.29) is 16.4 Å². The van der Waals surface area contributed by atoms with Gasteiger partial charge in [0, 0.05) is 18.1 Å². The number of nitrogens with one attached hydrogen (secondary N) is 2. The predicted molar refractivity (Wildman–Crippen MR) is 117 cm³/mol. The second kappa shape index (κ2) is 9.04. The Bertz CT molecular complexity index is 1400. The van der Waals surface area contributed by atoms with Crippen LogP contribution in [0.15, 0.2) is 76.6 Å². The van der Waals surface area contributed by atoms with Gasteiger partial charge in [0.05, 0.1) is 10.5 Å². The molecule has 0 aliphatic carbocycles. The van der Waals surface area contributed by atoms with Crippen LogP contribution in [0.3, 0.4) is 0 Å². The Morgan fingerprint density at radius 2 is 1.73 bits per heavy atom. The first-order valence-electron chi connectivity index (χ1n) is 9.57. The smallest absolute Gasteiger partial charge is 0.341 e. The Kier molecular flexibility index (Phi) is 6.00. The number of esters is 1. The van der Waals surface area contributed by atoms with Gasteiger partial charge in [0.2, 0.25) is 5.95 Å². The number of sulfonamides is 1. The number of para-hydroxylation sites is 1. The van der Waals surface area contributed by atoms with Gasteiger partial charge in [-0.15, -0.1) is 0 Å². The third-order valence-electron chi connectivity index (χ3n) is 4.46. The fourth-order valence-corrected chi connectivity index (χ4v) is 3.78. The summed E-state index contributed by atoms with van der Waals surface area (Å²) in [7, 11) is -3.91. The van der Waals surface area contributed by atoms with Crippen molar-refractivity contribution in [3.63, 3.8) is 0 Å². The van der Waals surface area contributed by atoms with Crippen molar-refractivity contribution in [1.82, 2.24) is 15.0 Å². The molecule has 1 unspecified atom stereocenters. The van der Waals surface area contributed by atoms with Gasteiger partial charge < -0.3 is 14.5 Å². The topological polar surface area (TPSA) is 153 Å². The van der Waals surface area contributed by atoms with Gasteiger partial charge in [0.15, 0.2) is 18.1 Å². The monoisotopic (exact) mass is 467 g/mol. The van der Waals surface area contributed by atoms with Gasteiger partial charge in [-0.25, -0.2) is 32.9 Å². The summed E-state index contributed by atoms with van der Waals surface area (Å²) < 4.78 is 37.5. The van der Waals surface area contributed by atoms with Crippen molar-refractivity contribution >= 4 is 44.6 Å². The summed E-state index contributed by atoms with van der Waals surface area (Å²) >= 11 is 0. The van der Waals surface area contributed by atoms with Crippen LogP contribution in [0, 0.1) is 0 Å². The van der Waals surface area contributed by atoms with Gasteiger partial charge in [-0.05, 0) is 49.4 Å². The zero-order valence-corrected chi connectivity index (χ0v) is 17.9. The van der Waals surface area contributed by atoms with Crippen molar-refractivity contribution in [2.75, 3.05) is 10.0 Å². The summed E-state index contributed by atoms with van der Waals surface area (Å²) in [6.45, 7) is 1.42. The highest BCUT2D eigenvalue weighted by Crippen LogP contribution is 2.19. The molecule has 0 saturated heterocycles. The van der Waals surface area contributed by atoms with Crippen LogP contribution in [-0.4, -0.2) is 41.4 Å². The Morgan fingerprint density at radius 1 is 1.00 bits per heavy atom. The van der Waals surface area contributed by atoms with E-state index in [4.69, 9.17) is 9.15 Å². The maximum atomic E-state index is 12.5. The Hall–Kier alpha value is -4.32. The third-order valence-corrected chi connectivity index (χ3v) is 5.80. The molecule has 2 N–H and O–H groups in total. The van der Waals surface area contributed by atoms with Crippen LogP contribution in [0.25, 0.3) is 11.1 Å². The number of oxazole rings is 1. The number of aromatic nitrogens is 3. The molecular formula is C21H17N5O6S. The van der Waals surface area contributed by atoms with Crippen molar-refractivity contribution in [1.29, 1.82) is 0 Å². The molecule has 0 aliphatic rings. The highest BCUT2D eigenvalue weighted by Gasteiger charge is 2.22.